The predicted octanol–water partition coefficient (Wildman–Crippen LogP) is 0.988. The summed E-state index contributed by atoms with van der Waals surface area (Å²) in [6.07, 6.45) is 8.31. The number of amides is 1. The van der Waals surface area contributed by atoms with Gasteiger partial charge in [0.1, 0.15) is 0 Å². The molecular weight excluding hydrogens is 138 g/mol. The van der Waals surface area contributed by atoms with Crippen LogP contribution in [0.5, 0.6) is 0 Å². The van der Waals surface area contributed by atoms with Gasteiger partial charge in [-0.15, -0.1) is 0 Å². The van der Waals surface area contributed by atoms with Crippen LogP contribution in [0.15, 0.2) is 6.08 Å². The first-order valence-electron chi connectivity index (χ1n) is 4.22. The monoisotopic (exact) mass is 150 g/mol. The molecule has 0 bridgehead atoms. The standard InChI is InChI=1S/C9H12NO/c11-9(8-4-5-8)10-6-2-1-3-7-10/h1,8H,2,4-7H2. The predicted molar refractivity (Wildman–Crippen MR) is 41.7 cm³/mol. The lowest BCUT2D eigenvalue weighted by Crippen LogP contribution is -2.34. The van der Waals surface area contributed by atoms with Gasteiger partial charge in [0.05, 0.1) is 0 Å². The Hall–Kier alpha value is -0.790. The van der Waals surface area contributed by atoms with Gasteiger partial charge in [0.15, 0.2) is 0 Å². The smallest absolute Gasteiger partial charge is 0.225 e. The number of hydrogen-bond acceptors (Lipinski definition) is 1. The maximum Gasteiger partial charge on any atom is 0.225 e. The molecule has 1 fully saturated rings. The van der Waals surface area contributed by atoms with E-state index in [1.54, 1.807) is 0 Å². The molecule has 2 aliphatic rings. The summed E-state index contributed by atoms with van der Waals surface area (Å²) in [5.74, 6) is 0.723. The van der Waals surface area contributed by atoms with E-state index in [-0.39, 0.29) is 0 Å². The summed E-state index contributed by atoms with van der Waals surface area (Å²) in [6.45, 7) is 1.62. The van der Waals surface area contributed by atoms with Gasteiger partial charge in [-0.25, -0.2) is 0 Å². The lowest BCUT2D eigenvalue weighted by Gasteiger charge is -2.22. The highest BCUT2D eigenvalue weighted by Crippen LogP contribution is 2.31. The van der Waals surface area contributed by atoms with E-state index in [0.29, 0.717) is 11.8 Å². The van der Waals surface area contributed by atoms with Crippen LogP contribution in [0.1, 0.15) is 19.3 Å². The van der Waals surface area contributed by atoms with Crippen molar-refractivity contribution in [2.75, 3.05) is 13.1 Å². The Morgan fingerprint density at radius 2 is 2.36 bits per heavy atom. The van der Waals surface area contributed by atoms with E-state index in [9.17, 15) is 4.79 Å². The number of carbonyl (C=O) groups excluding carboxylic acids is 1. The third kappa shape index (κ3) is 1.44. The van der Waals surface area contributed by atoms with Crippen molar-refractivity contribution < 1.29 is 4.79 Å². The SMILES string of the molecule is O=C(C1CC1)N1C[C]=CCC1. The lowest BCUT2D eigenvalue weighted by atomic mass is 10.2. The molecule has 2 heteroatoms. The highest BCUT2D eigenvalue weighted by molar-refractivity contribution is 5.81. The van der Waals surface area contributed by atoms with Crippen LogP contribution in [-0.4, -0.2) is 23.9 Å². The minimum atomic E-state index is 0.352. The molecule has 0 saturated heterocycles. The zero-order valence-corrected chi connectivity index (χ0v) is 6.55. The molecule has 11 heavy (non-hydrogen) atoms. The van der Waals surface area contributed by atoms with Crippen LogP contribution < -0.4 is 0 Å². The molecule has 0 aromatic rings. The van der Waals surface area contributed by atoms with Gasteiger partial charge in [-0.2, -0.15) is 0 Å². The average molecular weight is 150 g/mol. The molecule has 2 nitrogen and oxygen atoms in total. The Kier molecular flexibility index (Phi) is 1.68. The van der Waals surface area contributed by atoms with E-state index >= 15 is 0 Å². The second-order valence-electron chi connectivity index (χ2n) is 3.23. The first-order valence-corrected chi connectivity index (χ1v) is 4.22. The van der Waals surface area contributed by atoms with Crippen molar-refractivity contribution in [3.05, 3.63) is 12.2 Å². The quantitative estimate of drug-likeness (QED) is 0.546. The zero-order valence-electron chi connectivity index (χ0n) is 6.55. The van der Waals surface area contributed by atoms with E-state index in [1.165, 1.54) is 0 Å². The van der Waals surface area contributed by atoms with E-state index in [4.69, 9.17) is 0 Å². The molecule has 0 N–H and O–H groups in total. The zero-order chi connectivity index (χ0) is 7.68. The average Bonchev–Trinajstić information content (AvgIpc) is 2.87. The van der Waals surface area contributed by atoms with Crippen molar-refractivity contribution in [3.8, 4) is 0 Å². The fourth-order valence-electron chi connectivity index (χ4n) is 1.35. The van der Waals surface area contributed by atoms with E-state index in [0.717, 1.165) is 32.4 Å². The van der Waals surface area contributed by atoms with Gasteiger partial charge in [-0.05, 0) is 25.3 Å². The van der Waals surface area contributed by atoms with Crippen molar-refractivity contribution in [2.24, 2.45) is 5.92 Å². The molecule has 59 valence electrons. The summed E-state index contributed by atoms with van der Waals surface area (Å²) < 4.78 is 0. The van der Waals surface area contributed by atoms with Gasteiger partial charge in [0.25, 0.3) is 0 Å². The largest absolute Gasteiger partial charge is 0.338 e. The minimum Gasteiger partial charge on any atom is -0.338 e. The molecular formula is C9H12NO. The van der Waals surface area contributed by atoms with Crippen LogP contribution in [0.4, 0.5) is 0 Å². The fraction of sp³-hybridized carbons (Fsp3) is 0.667. The first kappa shape index (κ1) is 6.89. The number of nitrogens with zero attached hydrogens (tertiary/aromatic N) is 1. The van der Waals surface area contributed by atoms with Crippen LogP contribution in [0, 0.1) is 12.0 Å². The number of rotatable bonds is 1. The maximum absolute atomic E-state index is 11.4. The van der Waals surface area contributed by atoms with E-state index in [2.05, 4.69) is 6.08 Å². The molecule has 0 unspecified atom stereocenters. The lowest BCUT2D eigenvalue weighted by molar-refractivity contribution is -0.132. The second kappa shape index (κ2) is 2.68. The van der Waals surface area contributed by atoms with Gasteiger partial charge in [0, 0.05) is 19.0 Å². The molecule has 0 atom stereocenters. The van der Waals surface area contributed by atoms with Crippen LogP contribution in [-0.2, 0) is 4.79 Å². The van der Waals surface area contributed by atoms with Gasteiger partial charge >= 0.3 is 0 Å². The normalized spacial score (nSPS) is 23.8. The summed E-state index contributed by atoms with van der Waals surface area (Å²) in [5.41, 5.74) is 0. The van der Waals surface area contributed by atoms with Crippen molar-refractivity contribution >= 4 is 5.91 Å². The molecule has 1 aliphatic heterocycles. The molecule has 1 radical (unpaired) electrons. The van der Waals surface area contributed by atoms with E-state index < -0.39 is 0 Å². The van der Waals surface area contributed by atoms with E-state index in [1.807, 2.05) is 11.0 Å². The Morgan fingerprint density at radius 1 is 1.55 bits per heavy atom. The Morgan fingerprint density at radius 3 is 2.91 bits per heavy atom. The van der Waals surface area contributed by atoms with Crippen molar-refractivity contribution in [1.29, 1.82) is 0 Å². The summed E-state index contributed by atoms with van der Waals surface area (Å²) >= 11 is 0. The van der Waals surface area contributed by atoms with Crippen molar-refractivity contribution in [3.63, 3.8) is 0 Å². The summed E-state index contributed by atoms with van der Waals surface area (Å²) in [5, 5.41) is 0. The maximum atomic E-state index is 11.4. The van der Waals surface area contributed by atoms with Crippen LogP contribution in [0.2, 0.25) is 0 Å². The third-order valence-corrected chi connectivity index (χ3v) is 2.21. The Labute approximate surface area is 66.9 Å². The summed E-state index contributed by atoms with van der Waals surface area (Å²) in [4.78, 5) is 13.3. The molecule has 2 rings (SSSR count). The van der Waals surface area contributed by atoms with Gasteiger partial charge in [-0.1, -0.05) is 6.08 Å². The molecule has 1 saturated carbocycles. The first-order chi connectivity index (χ1) is 5.38. The topological polar surface area (TPSA) is 20.3 Å². The number of carbonyl (C=O) groups is 1. The highest BCUT2D eigenvalue weighted by Gasteiger charge is 2.33. The van der Waals surface area contributed by atoms with Crippen LogP contribution in [0.3, 0.4) is 0 Å². The van der Waals surface area contributed by atoms with Crippen LogP contribution in [0.25, 0.3) is 0 Å². The van der Waals surface area contributed by atoms with Crippen molar-refractivity contribution in [1.82, 2.24) is 4.90 Å². The fourth-order valence-corrected chi connectivity index (χ4v) is 1.35. The summed E-state index contributed by atoms with van der Waals surface area (Å²) in [6, 6.07) is 0. The second-order valence-corrected chi connectivity index (χ2v) is 3.23. The minimum absolute atomic E-state index is 0.352. The molecule has 0 spiro atoms. The number of hydrogen-bond donors (Lipinski definition) is 0. The third-order valence-electron chi connectivity index (χ3n) is 2.21. The molecule has 1 amide bonds. The van der Waals surface area contributed by atoms with Crippen molar-refractivity contribution in [2.45, 2.75) is 19.3 Å². The van der Waals surface area contributed by atoms with Gasteiger partial charge < -0.3 is 4.90 Å². The molecule has 1 aliphatic carbocycles. The Balaban J connectivity index is 1.92. The summed E-state index contributed by atoms with van der Waals surface area (Å²) in [7, 11) is 0. The van der Waals surface area contributed by atoms with Gasteiger partial charge in [0.2, 0.25) is 5.91 Å². The Bertz CT molecular complexity index is 194. The molecule has 1 heterocycles. The molecule has 0 aromatic heterocycles. The van der Waals surface area contributed by atoms with Gasteiger partial charge in [-0.3, -0.25) is 4.79 Å². The van der Waals surface area contributed by atoms with Crippen LogP contribution >= 0.6 is 0 Å². The molecule has 0 aromatic carbocycles. The highest BCUT2D eigenvalue weighted by atomic mass is 16.2.